The predicted octanol–water partition coefficient (Wildman–Crippen LogP) is 2.15. The topological polar surface area (TPSA) is 63.1 Å². The molecule has 16 heavy (non-hydrogen) atoms. The highest BCUT2D eigenvalue weighted by molar-refractivity contribution is 5.88. The molecule has 1 aromatic heterocycles. The van der Waals surface area contributed by atoms with Gasteiger partial charge in [0, 0.05) is 18.0 Å². The van der Waals surface area contributed by atoms with Crippen molar-refractivity contribution in [2.45, 2.75) is 6.92 Å². The van der Waals surface area contributed by atoms with Gasteiger partial charge in [-0.15, -0.1) is 0 Å². The molecule has 0 fully saturated rings. The van der Waals surface area contributed by atoms with Gasteiger partial charge in [0.05, 0.1) is 17.5 Å². The monoisotopic (exact) mass is 214 g/mol. The third-order valence-electron chi connectivity index (χ3n) is 2.31. The number of carbonyl (C=O) groups is 1. The van der Waals surface area contributed by atoms with Crippen molar-refractivity contribution in [1.29, 1.82) is 0 Å². The molecule has 1 N–H and O–H groups in total. The Bertz CT molecular complexity index is 524. The Kier molecular flexibility index (Phi) is 2.64. The summed E-state index contributed by atoms with van der Waals surface area (Å²) in [6, 6.07) is 4.95. The maximum Gasteiger partial charge on any atom is 0.335 e. The molecule has 1 aromatic carbocycles. The van der Waals surface area contributed by atoms with Gasteiger partial charge in [-0.05, 0) is 24.6 Å². The third kappa shape index (κ3) is 1.91. The van der Waals surface area contributed by atoms with Crippen molar-refractivity contribution in [2.24, 2.45) is 0 Å². The quantitative estimate of drug-likeness (QED) is 0.831. The average Bonchev–Trinajstić information content (AvgIpc) is 2.30. The van der Waals surface area contributed by atoms with Crippen molar-refractivity contribution in [2.75, 3.05) is 0 Å². The van der Waals surface area contributed by atoms with Crippen molar-refractivity contribution in [3.63, 3.8) is 0 Å². The molecule has 4 heteroatoms. The van der Waals surface area contributed by atoms with Crippen LogP contribution in [-0.2, 0) is 0 Å². The lowest BCUT2D eigenvalue weighted by Gasteiger charge is -2.05. The SMILES string of the molecule is Cc1cc(C(=O)O)ccc1-c1cnccn1. The molecule has 4 nitrogen and oxygen atoms in total. The molecule has 0 saturated heterocycles. The number of benzene rings is 1. The first-order valence-corrected chi connectivity index (χ1v) is 4.79. The summed E-state index contributed by atoms with van der Waals surface area (Å²) in [6.45, 7) is 1.86. The van der Waals surface area contributed by atoms with Gasteiger partial charge in [-0.2, -0.15) is 0 Å². The molecule has 1 heterocycles. The number of carboxylic acid groups (broad SMARTS) is 1. The first-order chi connectivity index (χ1) is 7.68. The summed E-state index contributed by atoms with van der Waals surface area (Å²) in [5.74, 6) is -0.922. The number of rotatable bonds is 2. The molecule has 0 bridgehead atoms. The van der Waals surface area contributed by atoms with Gasteiger partial charge in [0.2, 0.25) is 0 Å². The van der Waals surface area contributed by atoms with E-state index in [-0.39, 0.29) is 5.56 Å². The molecule has 0 amide bonds. The lowest BCUT2D eigenvalue weighted by molar-refractivity contribution is 0.0697. The summed E-state index contributed by atoms with van der Waals surface area (Å²) in [5, 5.41) is 8.84. The van der Waals surface area contributed by atoms with Gasteiger partial charge < -0.3 is 5.11 Å². The van der Waals surface area contributed by atoms with Gasteiger partial charge in [-0.3, -0.25) is 9.97 Å². The van der Waals surface area contributed by atoms with Crippen LogP contribution in [0, 0.1) is 6.92 Å². The van der Waals surface area contributed by atoms with Crippen molar-refractivity contribution >= 4 is 5.97 Å². The predicted molar refractivity (Wildman–Crippen MR) is 59.2 cm³/mol. The number of nitrogens with zero attached hydrogens (tertiary/aromatic N) is 2. The Labute approximate surface area is 92.6 Å². The summed E-state index contributed by atoms with van der Waals surface area (Å²) in [6.07, 6.45) is 4.87. The molecule has 0 unspecified atom stereocenters. The number of aromatic nitrogens is 2. The molecule has 0 spiro atoms. The Morgan fingerprint density at radius 2 is 2.12 bits per heavy atom. The van der Waals surface area contributed by atoms with Gasteiger partial charge in [0.15, 0.2) is 0 Å². The smallest absolute Gasteiger partial charge is 0.335 e. The van der Waals surface area contributed by atoms with E-state index in [1.165, 1.54) is 0 Å². The standard InChI is InChI=1S/C12H10N2O2/c1-8-6-9(12(15)16)2-3-10(8)11-7-13-4-5-14-11/h2-7H,1H3,(H,15,16). The first-order valence-electron chi connectivity index (χ1n) is 4.79. The van der Waals surface area contributed by atoms with Crippen molar-refractivity contribution in [3.8, 4) is 11.3 Å². The summed E-state index contributed by atoms with van der Waals surface area (Å²) in [5.41, 5.74) is 2.81. The van der Waals surface area contributed by atoms with Crippen LogP contribution >= 0.6 is 0 Å². The lowest BCUT2D eigenvalue weighted by Crippen LogP contribution is -1.97. The zero-order valence-electron chi connectivity index (χ0n) is 8.71. The minimum atomic E-state index is -0.922. The van der Waals surface area contributed by atoms with Crippen LogP contribution in [0.2, 0.25) is 0 Å². The van der Waals surface area contributed by atoms with Crippen LogP contribution in [0.1, 0.15) is 15.9 Å². The molecule has 80 valence electrons. The Morgan fingerprint density at radius 3 is 2.69 bits per heavy atom. The number of aryl methyl sites for hydroxylation is 1. The normalized spacial score (nSPS) is 10.1. The number of hydrogen-bond acceptors (Lipinski definition) is 3. The molecule has 0 radical (unpaired) electrons. The Balaban J connectivity index is 2.48. The molecular formula is C12H10N2O2. The van der Waals surface area contributed by atoms with E-state index in [0.717, 1.165) is 16.8 Å². The van der Waals surface area contributed by atoms with Crippen LogP contribution in [0.15, 0.2) is 36.8 Å². The average molecular weight is 214 g/mol. The van der Waals surface area contributed by atoms with E-state index in [1.807, 2.05) is 6.92 Å². The molecule has 0 aliphatic carbocycles. The highest BCUT2D eigenvalue weighted by Gasteiger charge is 2.07. The van der Waals surface area contributed by atoms with Crippen molar-refractivity contribution in [1.82, 2.24) is 9.97 Å². The maximum atomic E-state index is 10.8. The van der Waals surface area contributed by atoms with Gasteiger partial charge in [0.1, 0.15) is 0 Å². The van der Waals surface area contributed by atoms with Crippen LogP contribution in [0.5, 0.6) is 0 Å². The second-order valence-corrected chi connectivity index (χ2v) is 3.43. The maximum absolute atomic E-state index is 10.8. The summed E-state index contributed by atoms with van der Waals surface area (Å²) in [4.78, 5) is 18.9. The molecule has 0 aliphatic heterocycles. The van der Waals surface area contributed by atoms with Crippen molar-refractivity contribution < 1.29 is 9.90 Å². The fraction of sp³-hybridized carbons (Fsp3) is 0.0833. The second kappa shape index (κ2) is 4.10. The van der Waals surface area contributed by atoms with Crippen LogP contribution in [-0.4, -0.2) is 21.0 Å². The van der Waals surface area contributed by atoms with Crippen molar-refractivity contribution in [3.05, 3.63) is 47.9 Å². The van der Waals surface area contributed by atoms with E-state index in [2.05, 4.69) is 9.97 Å². The Hall–Kier alpha value is -2.23. The van der Waals surface area contributed by atoms with E-state index in [1.54, 1.807) is 36.8 Å². The van der Waals surface area contributed by atoms with Crippen LogP contribution in [0.25, 0.3) is 11.3 Å². The molecular weight excluding hydrogens is 204 g/mol. The van der Waals surface area contributed by atoms with E-state index in [0.29, 0.717) is 0 Å². The summed E-state index contributed by atoms with van der Waals surface area (Å²) in [7, 11) is 0. The second-order valence-electron chi connectivity index (χ2n) is 3.43. The number of hydrogen-bond donors (Lipinski definition) is 1. The van der Waals surface area contributed by atoms with Gasteiger partial charge in [0.25, 0.3) is 0 Å². The lowest BCUT2D eigenvalue weighted by atomic mass is 10.0. The van der Waals surface area contributed by atoms with E-state index >= 15 is 0 Å². The molecule has 2 aromatic rings. The van der Waals surface area contributed by atoms with E-state index in [4.69, 9.17) is 5.11 Å². The highest BCUT2D eigenvalue weighted by Crippen LogP contribution is 2.21. The fourth-order valence-corrected chi connectivity index (χ4v) is 1.52. The van der Waals surface area contributed by atoms with E-state index in [9.17, 15) is 4.79 Å². The molecule has 2 rings (SSSR count). The van der Waals surface area contributed by atoms with Crippen LogP contribution in [0.3, 0.4) is 0 Å². The summed E-state index contributed by atoms with van der Waals surface area (Å²) >= 11 is 0. The number of aromatic carboxylic acids is 1. The zero-order valence-corrected chi connectivity index (χ0v) is 8.71. The van der Waals surface area contributed by atoms with Gasteiger partial charge in [-0.25, -0.2) is 4.79 Å². The largest absolute Gasteiger partial charge is 0.478 e. The minimum Gasteiger partial charge on any atom is -0.478 e. The van der Waals surface area contributed by atoms with E-state index < -0.39 is 5.97 Å². The molecule has 0 saturated carbocycles. The molecule has 0 aliphatic rings. The zero-order chi connectivity index (χ0) is 11.5. The van der Waals surface area contributed by atoms with Crippen LogP contribution < -0.4 is 0 Å². The Morgan fingerprint density at radius 1 is 1.31 bits per heavy atom. The van der Waals surface area contributed by atoms with Gasteiger partial charge >= 0.3 is 5.97 Å². The first kappa shape index (κ1) is 10.3. The summed E-state index contributed by atoms with van der Waals surface area (Å²) < 4.78 is 0. The van der Waals surface area contributed by atoms with Crippen LogP contribution in [0.4, 0.5) is 0 Å². The number of carboxylic acids is 1. The molecule has 0 atom stereocenters. The minimum absolute atomic E-state index is 0.283. The van der Waals surface area contributed by atoms with Gasteiger partial charge in [-0.1, -0.05) is 6.07 Å². The third-order valence-corrected chi connectivity index (χ3v) is 2.31. The fourth-order valence-electron chi connectivity index (χ4n) is 1.52. The highest BCUT2D eigenvalue weighted by atomic mass is 16.4.